The lowest BCUT2D eigenvalue weighted by molar-refractivity contribution is 0.000942. The van der Waals surface area contributed by atoms with Crippen molar-refractivity contribution in [3.8, 4) is 0 Å². The average molecular weight is 286 g/mol. The monoisotopic (exact) mass is 286 g/mol. The van der Waals surface area contributed by atoms with Crippen LogP contribution in [0.3, 0.4) is 0 Å². The van der Waals surface area contributed by atoms with Crippen LogP contribution in [0.1, 0.15) is 16.8 Å². The Morgan fingerprint density at radius 1 is 1.33 bits per heavy atom. The van der Waals surface area contributed by atoms with E-state index in [9.17, 15) is 15.0 Å². The predicted molar refractivity (Wildman–Crippen MR) is 78.8 cm³/mol. The molecule has 1 fully saturated rings. The zero-order valence-electron chi connectivity index (χ0n) is 11.6. The van der Waals surface area contributed by atoms with E-state index in [1.807, 2.05) is 24.3 Å². The van der Waals surface area contributed by atoms with E-state index >= 15 is 0 Å². The molecule has 1 amide bonds. The first kappa shape index (κ1) is 14.0. The maximum Gasteiger partial charge on any atom is 0.256 e. The van der Waals surface area contributed by atoms with Gasteiger partial charge in [0.25, 0.3) is 5.91 Å². The summed E-state index contributed by atoms with van der Waals surface area (Å²) in [5.74, 6) is -0.255. The highest BCUT2D eigenvalue weighted by Crippen LogP contribution is 2.22. The Bertz CT molecular complexity index is 654. The molecule has 110 valence electrons. The van der Waals surface area contributed by atoms with E-state index in [2.05, 4.69) is 4.98 Å². The number of benzene rings is 1. The van der Waals surface area contributed by atoms with Gasteiger partial charge < -0.3 is 15.1 Å². The van der Waals surface area contributed by atoms with Crippen molar-refractivity contribution in [2.45, 2.75) is 12.5 Å². The molecule has 0 radical (unpaired) electrons. The number of nitrogens with zero attached hydrogens (tertiary/aromatic N) is 2. The lowest BCUT2D eigenvalue weighted by Gasteiger charge is -2.35. The zero-order valence-corrected chi connectivity index (χ0v) is 11.6. The van der Waals surface area contributed by atoms with E-state index in [1.165, 1.54) is 0 Å². The molecule has 5 heteroatoms. The third-order valence-corrected chi connectivity index (χ3v) is 4.11. The molecule has 1 saturated heterocycles. The van der Waals surface area contributed by atoms with Crippen LogP contribution in [-0.2, 0) is 0 Å². The van der Waals surface area contributed by atoms with Gasteiger partial charge in [0.2, 0.25) is 0 Å². The Kier molecular flexibility index (Phi) is 3.86. The molecule has 21 heavy (non-hydrogen) atoms. The summed E-state index contributed by atoms with van der Waals surface area (Å²) in [4.78, 5) is 18.6. The minimum absolute atomic E-state index is 0.0426. The van der Waals surface area contributed by atoms with E-state index in [-0.39, 0.29) is 25.0 Å². The first-order valence-electron chi connectivity index (χ1n) is 7.12. The number of aliphatic hydroxyl groups excluding tert-OH is 2. The lowest BCUT2D eigenvalue weighted by atomic mass is 9.94. The van der Waals surface area contributed by atoms with E-state index in [1.54, 1.807) is 17.2 Å². The van der Waals surface area contributed by atoms with E-state index in [4.69, 9.17) is 0 Å². The molecule has 0 saturated carbocycles. The number of hydrogen-bond acceptors (Lipinski definition) is 4. The molecule has 2 aromatic rings. The zero-order chi connectivity index (χ0) is 14.8. The van der Waals surface area contributed by atoms with Gasteiger partial charge in [-0.2, -0.15) is 0 Å². The van der Waals surface area contributed by atoms with Crippen LogP contribution < -0.4 is 0 Å². The van der Waals surface area contributed by atoms with Gasteiger partial charge in [-0.3, -0.25) is 9.78 Å². The minimum Gasteiger partial charge on any atom is -0.396 e. The second-order valence-corrected chi connectivity index (χ2v) is 5.43. The van der Waals surface area contributed by atoms with Crippen LogP contribution in [0.15, 0.2) is 36.5 Å². The van der Waals surface area contributed by atoms with Crippen molar-refractivity contribution in [3.05, 3.63) is 42.1 Å². The Morgan fingerprint density at radius 2 is 2.14 bits per heavy atom. The van der Waals surface area contributed by atoms with Gasteiger partial charge in [0, 0.05) is 37.2 Å². The second kappa shape index (κ2) is 5.79. The van der Waals surface area contributed by atoms with Gasteiger partial charge in [0.1, 0.15) is 0 Å². The van der Waals surface area contributed by atoms with Crippen LogP contribution in [0.2, 0.25) is 0 Å². The quantitative estimate of drug-likeness (QED) is 0.865. The van der Waals surface area contributed by atoms with Gasteiger partial charge in [-0.25, -0.2) is 0 Å². The van der Waals surface area contributed by atoms with Gasteiger partial charge in [0.05, 0.1) is 17.2 Å². The van der Waals surface area contributed by atoms with Gasteiger partial charge in [0.15, 0.2) is 0 Å². The van der Waals surface area contributed by atoms with Gasteiger partial charge in [-0.1, -0.05) is 18.2 Å². The number of para-hydroxylation sites is 1. The van der Waals surface area contributed by atoms with Crippen molar-refractivity contribution >= 4 is 16.8 Å². The van der Waals surface area contributed by atoms with E-state index < -0.39 is 6.10 Å². The molecule has 2 atom stereocenters. The number of piperidine rings is 1. The number of amides is 1. The van der Waals surface area contributed by atoms with Crippen molar-refractivity contribution in [2.24, 2.45) is 5.92 Å². The van der Waals surface area contributed by atoms with E-state index in [0.29, 0.717) is 24.0 Å². The first-order valence-corrected chi connectivity index (χ1v) is 7.12. The van der Waals surface area contributed by atoms with Crippen LogP contribution in [0, 0.1) is 5.92 Å². The summed E-state index contributed by atoms with van der Waals surface area (Å²) in [7, 11) is 0. The van der Waals surface area contributed by atoms with Gasteiger partial charge >= 0.3 is 0 Å². The number of hydrogen-bond donors (Lipinski definition) is 2. The SMILES string of the molecule is O=C(c1cccc2cccnc12)N1CC[C@H](CO)[C@@H](O)C1. The van der Waals surface area contributed by atoms with Crippen LogP contribution in [0.4, 0.5) is 0 Å². The van der Waals surface area contributed by atoms with Crippen molar-refractivity contribution in [1.29, 1.82) is 0 Å². The van der Waals surface area contributed by atoms with Crippen LogP contribution in [0.25, 0.3) is 10.9 Å². The smallest absolute Gasteiger partial charge is 0.256 e. The number of pyridine rings is 1. The van der Waals surface area contributed by atoms with Gasteiger partial charge in [-0.05, 0) is 18.6 Å². The number of β-amino-alcohol motifs (C(OH)–C–C–N with tert-alkyl or cyclic N) is 1. The Balaban J connectivity index is 1.88. The standard InChI is InChI=1S/C16H18N2O3/c19-10-12-6-8-18(9-14(12)20)16(21)13-5-1-3-11-4-2-7-17-15(11)13/h1-5,7,12,14,19-20H,6,8-10H2/t12-,14+/m1/s1. The fourth-order valence-corrected chi connectivity index (χ4v) is 2.82. The van der Waals surface area contributed by atoms with Crippen molar-refractivity contribution in [3.63, 3.8) is 0 Å². The molecule has 5 nitrogen and oxygen atoms in total. The number of aliphatic hydroxyl groups is 2. The highest BCUT2D eigenvalue weighted by molar-refractivity contribution is 6.05. The lowest BCUT2D eigenvalue weighted by Crippen LogP contribution is -2.47. The Morgan fingerprint density at radius 3 is 2.90 bits per heavy atom. The third-order valence-electron chi connectivity index (χ3n) is 4.11. The second-order valence-electron chi connectivity index (χ2n) is 5.43. The molecule has 0 spiro atoms. The first-order chi connectivity index (χ1) is 10.2. The summed E-state index contributed by atoms with van der Waals surface area (Å²) >= 11 is 0. The summed E-state index contributed by atoms with van der Waals surface area (Å²) in [6, 6.07) is 9.29. The summed E-state index contributed by atoms with van der Waals surface area (Å²) in [6.07, 6.45) is 1.61. The molecule has 1 aliphatic heterocycles. The van der Waals surface area contributed by atoms with Crippen LogP contribution in [0.5, 0.6) is 0 Å². The number of fused-ring (bicyclic) bond motifs is 1. The fourth-order valence-electron chi connectivity index (χ4n) is 2.82. The molecular formula is C16H18N2O3. The molecule has 0 bridgehead atoms. The topological polar surface area (TPSA) is 73.7 Å². The summed E-state index contributed by atoms with van der Waals surface area (Å²) < 4.78 is 0. The summed E-state index contributed by atoms with van der Waals surface area (Å²) in [5.41, 5.74) is 1.24. The summed E-state index contributed by atoms with van der Waals surface area (Å²) in [5, 5.41) is 20.1. The van der Waals surface area contributed by atoms with Crippen LogP contribution in [-0.4, -0.2) is 51.8 Å². The predicted octanol–water partition coefficient (Wildman–Crippen LogP) is 1.05. The van der Waals surface area contributed by atoms with Gasteiger partial charge in [-0.15, -0.1) is 0 Å². The largest absolute Gasteiger partial charge is 0.396 e. The average Bonchev–Trinajstić information content (AvgIpc) is 2.53. The number of likely N-dealkylation sites (tertiary alicyclic amines) is 1. The minimum atomic E-state index is -0.671. The van der Waals surface area contributed by atoms with Crippen molar-refractivity contribution in [1.82, 2.24) is 9.88 Å². The third kappa shape index (κ3) is 2.62. The fraction of sp³-hybridized carbons (Fsp3) is 0.375. The maximum absolute atomic E-state index is 12.7. The normalized spacial score (nSPS) is 22.5. The number of rotatable bonds is 2. The summed E-state index contributed by atoms with van der Waals surface area (Å²) in [6.45, 7) is 0.761. The maximum atomic E-state index is 12.7. The molecule has 2 N–H and O–H groups in total. The molecule has 1 aliphatic rings. The molecule has 2 heterocycles. The van der Waals surface area contributed by atoms with Crippen LogP contribution >= 0.6 is 0 Å². The molecule has 1 aromatic carbocycles. The highest BCUT2D eigenvalue weighted by Gasteiger charge is 2.30. The highest BCUT2D eigenvalue weighted by atomic mass is 16.3. The number of carbonyl (C=O) groups excluding carboxylic acids is 1. The number of carbonyl (C=O) groups is 1. The van der Waals surface area contributed by atoms with Crippen molar-refractivity contribution in [2.75, 3.05) is 19.7 Å². The molecule has 3 rings (SSSR count). The molecule has 0 unspecified atom stereocenters. The molecular weight excluding hydrogens is 268 g/mol. The van der Waals surface area contributed by atoms with Crippen molar-refractivity contribution < 1.29 is 15.0 Å². The number of aromatic nitrogens is 1. The Labute approximate surface area is 122 Å². The molecule has 0 aliphatic carbocycles. The van der Waals surface area contributed by atoms with E-state index in [0.717, 1.165) is 5.39 Å². The molecule has 1 aromatic heterocycles. The Hall–Kier alpha value is -1.98.